The molecule has 1 aliphatic heterocycles. The van der Waals surface area contributed by atoms with Crippen LogP contribution in [0.15, 0.2) is 30.9 Å². The highest BCUT2D eigenvalue weighted by molar-refractivity contribution is 5.99. The molecule has 0 saturated carbocycles. The van der Waals surface area contributed by atoms with Crippen LogP contribution in [-0.2, 0) is 19.1 Å². The number of carbonyl (C=O) groups is 2. The summed E-state index contributed by atoms with van der Waals surface area (Å²) in [6.45, 7) is 4.28. The molecule has 0 aromatic heterocycles. The standard InChI is InChI=1S/C16H19FN2O4/c1-2-15(20)19-14-8-11(5-6-13(14)17)18-16(21)10-22-9-12-4-3-7-23-12/h2,5-6,8,12H,1,3-4,7,9-10H2,(H,18,21)(H,19,20). The number of hydrogen-bond donors (Lipinski definition) is 2. The number of anilines is 2. The van der Waals surface area contributed by atoms with Crippen LogP contribution in [0.2, 0.25) is 0 Å². The van der Waals surface area contributed by atoms with Crippen LogP contribution >= 0.6 is 0 Å². The van der Waals surface area contributed by atoms with Crippen molar-refractivity contribution in [3.63, 3.8) is 0 Å². The van der Waals surface area contributed by atoms with Crippen molar-refractivity contribution < 1.29 is 23.5 Å². The van der Waals surface area contributed by atoms with Crippen LogP contribution in [0.5, 0.6) is 0 Å². The van der Waals surface area contributed by atoms with Gasteiger partial charge >= 0.3 is 0 Å². The summed E-state index contributed by atoms with van der Waals surface area (Å²) < 4.78 is 24.3. The number of amides is 2. The van der Waals surface area contributed by atoms with Crippen molar-refractivity contribution in [3.05, 3.63) is 36.7 Å². The summed E-state index contributed by atoms with van der Waals surface area (Å²) in [5.41, 5.74) is 0.324. The smallest absolute Gasteiger partial charge is 0.250 e. The monoisotopic (exact) mass is 322 g/mol. The predicted octanol–water partition coefficient (Wildman–Crippen LogP) is 2.08. The average Bonchev–Trinajstić information content (AvgIpc) is 3.03. The van der Waals surface area contributed by atoms with Crippen molar-refractivity contribution in [1.29, 1.82) is 0 Å². The number of rotatable bonds is 7. The van der Waals surface area contributed by atoms with Crippen molar-refractivity contribution in [2.45, 2.75) is 18.9 Å². The Balaban J connectivity index is 1.83. The van der Waals surface area contributed by atoms with Crippen molar-refractivity contribution in [2.75, 3.05) is 30.5 Å². The van der Waals surface area contributed by atoms with E-state index in [0.29, 0.717) is 12.3 Å². The van der Waals surface area contributed by atoms with Gasteiger partial charge in [0.2, 0.25) is 11.8 Å². The lowest BCUT2D eigenvalue weighted by atomic mass is 10.2. The molecule has 1 aromatic rings. The lowest BCUT2D eigenvalue weighted by Crippen LogP contribution is -2.22. The van der Waals surface area contributed by atoms with Gasteiger partial charge in [-0.05, 0) is 37.1 Å². The van der Waals surface area contributed by atoms with Gasteiger partial charge in [0, 0.05) is 12.3 Å². The molecule has 0 aliphatic carbocycles. The van der Waals surface area contributed by atoms with Crippen LogP contribution in [0.1, 0.15) is 12.8 Å². The summed E-state index contributed by atoms with van der Waals surface area (Å²) in [6.07, 6.45) is 3.03. The van der Waals surface area contributed by atoms with Crippen LogP contribution in [0.25, 0.3) is 0 Å². The van der Waals surface area contributed by atoms with E-state index in [9.17, 15) is 14.0 Å². The number of carbonyl (C=O) groups excluding carboxylic acids is 2. The first-order chi connectivity index (χ1) is 11.1. The summed E-state index contributed by atoms with van der Waals surface area (Å²) in [4.78, 5) is 23.0. The molecule has 0 radical (unpaired) electrons. The molecule has 2 rings (SSSR count). The van der Waals surface area contributed by atoms with E-state index in [2.05, 4.69) is 17.2 Å². The van der Waals surface area contributed by atoms with Crippen molar-refractivity contribution in [3.8, 4) is 0 Å². The molecule has 1 aliphatic rings. The Morgan fingerprint density at radius 3 is 2.96 bits per heavy atom. The maximum absolute atomic E-state index is 13.6. The summed E-state index contributed by atoms with van der Waals surface area (Å²) in [7, 11) is 0. The third kappa shape index (κ3) is 5.46. The summed E-state index contributed by atoms with van der Waals surface area (Å²) >= 11 is 0. The van der Waals surface area contributed by atoms with Gasteiger partial charge in [-0.3, -0.25) is 9.59 Å². The van der Waals surface area contributed by atoms with E-state index < -0.39 is 11.7 Å². The van der Waals surface area contributed by atoms with Crippen LogP contribution in [-0.4, -0.2) is 37.7 Å². The minimum Gasteiger partial charge on any atom is -0.376 e. The van der Waals surface area contributed by atoms with Gasteiger partial charge in [0.05, 0.1) is 18.4 Å². The summed E-state index contributed by atoms with van der Waals surface area (Å²) in [6, 6.07) is 3.88. The second kappa shape index (κ2) is 8.40. The fourth-order valence-electron chi connectivity index (χ4n) is 2.14. The quantitative estimate of drug-likeness (QED) is 0.754. The van der Waals surface area contributed by atoms with Gasteiger partial charge in [0.1, 0.15) is 12.4 Å². The van der Waals surface area contributed by atoms with Crippen molar-refractivity contribution in [2.24, 2.45) is 0 Å². The highest BCUT2D eigenvalue weighted by Crippen LogP contribution is 2.19. The number of benzene rings is 1. The lowest BCUT2D eigenvalue weighted by molar-refractivity contribution is -0.121. The molecule has 1 heterocycles. The zero-order valence-electron chi connectivity index (χ0n) is 12.6. The van der Waals surface area contributed by atoms with Crippen molar-refractivity contribution >= 4 is 23.2 Å². The number of hydrogen-bond acceptors (Lipinski definition) is 4. The van der Waals surface area contributed by atoms with Crippen molar-refractivity contribution in [1.82, 2.24) is 0 Å². The Labute approximate surface area is 133 Å². The van der Waals surface area contributed by atoms with E-state index in [4.69, 9.17) is 9.47 Å². The van der Waals surface area contributed by atoms with Gasteiger partial charge in [-0.15, -0.1) is 0 Å². The van der Waals surface area contributed by atoms with Gasteiger partial charge < -0.3 is 20.1 Å². The van der Waals surface area contributed by atoms with Crippen LogP contribution in [0.4, 0.5) is 15.8 Å². The largest absolute Gasteiger partial charge is 0.376 e. The van der Waals surface area contributed by atoms with E-state index in [1.54, 1.807) is 0 Å². The molecule has 23 heavy (non-hydrogen) atoms. The van der Waals surface area contributed by atoms with E-state index in [-0.39, 0.29) is 24.3 Å². The fraction of sp³-hybridized carbons (Fsp3) is 0.375. The van der Waals surface area contributed by atoms with E-state index in [1.165, 1.54) is 12.1 Å². The molecule has 1 fully saturated rings. The molecule has 6 nitrogen and oxygen atoms in total. The molecular formula is C16H19FN2O4. The van der Waals surface area contributed by atoms with Crippen LogP contribution in [0, 0.1) is 5.82 Å². The molecule has 0 bridgehead atoms. The van der Waals surface area contributed by atoms with Crippen LogP contribution in [0.3, 0.4) is 0 Å². The lowest BCUT2D eigenvalue weighted by Gasteiger charge is -2.11. The Hall–Kier alpha value is -2.25. The first-order valence-corrected chi connectivity index (χ1v) is 7.30. The third-order valence-corrected chi connectivity index (χ3v) is 3.25. The second-order valence-electron chi connectivity index (χ2n) is 5.09. The SMILES string of the molecule is C=CC(=O)Nc1cc(NC(=O)COCC2CCCO2)ccc1F. The fourth-order valence-corrected chi connectivity index (χ4v) is 2.14. The Kier molecular flexibility index (Phi) is 6.25. The second-order valence-corrected chi connectivity index (χ2v) is 5.09. The maximum Gasteiger partial charge on any atom is 0.250 e. The molecular weight excluding hydrogens is 303 g/mol. The van der Waals surface area contributed by atoms with E-state index >= 15 is 0 Å². The van der Waals surface area contributed by atoms with Gasteiger partial charge in [-0.1, -0.05) is 6.58 Å². The molecule has 124 valence electrons. The van der Waals surface area contributed by atoms with E-state index in [0.717, 1.165) is 31.6 Å². The highest BCUT2D eigenvalue weighted by Gasteiger charge is 2.16. The average molecular weight is 322 g/mol. The van der Waals surface area contributed by atoms with Crippen LogP contribution < -0.4 is 10.6 Å². The van der Waals surface area contributed by atoms with Gasteiger partial charge in [0.25, 0.3) is 0 Å². The molecule has 0 spiro atoms. The molecule has 1 unspecified atom stereocenters. The van der Waals surface area contributed by atoms with E-state index in [1.807, 2.05) is 0 Å². The zero-order valence-corrected chi connectivity index (χ0v) is 12.6. The summed E-state index contributed by atoms with van der Waals surface area (Å²) in [5.74, 6) is -1.50. The predicted molar refractivity (Wildman–Crippen MR) is 83.6 cm³/mol. The highest BCUT2D eigenvalue weighted by atomic mass is 19.1. The van der Waals surface area contributed by atoms with Gasteiger partial charge in [0.15, 0.2) is 0 Å². The minimum absolute atomic E-state index is 0.0343. The Morgan fingerprint density at radius 1 is 1.43 bits per heavy atom. The number of nitrogens with one attached hydrogen (secondary N) is 2. The molecule has 2 amide bonds. The van der Waals surface area contributed by atoms with Gasteiger partial charge in [-0.25, -0.2) is 4.39 Å². The maximum atomic E-state index is 13.6. The molecule has 1 atom stereocenters. The Bertz CT molecular complexity index is 585. The van der Waals surface area contributed by atoms with Gasteiger partial charge in [-0.2, -0.15) is 0 Å². The molecule has 2 N–H and O–H groups in total. The third-order valence-electron chi connectivity index (χ3n) is 3.25. The molecule has 1 saturated heterocycles. The first kappa shape index (κ1) is 17.1. The number of halogens is 1. The molecule has 7 heteroatoms. The zero-order chi connectivity index (χ0) is 16.7. The Morgan fingerprint density at radius 2 is 2.26 bits per heavy atom. The summed E-state index contributed by atoms with van der Waals surface area (Å²) in [5, 5.41) is 4.90. The first-order valence-electron chi connectivity index (χ1n) is 7.30. The topological polar surface area (TPSA) is 76.7 Å². The molecule has 1 aromatic carbocycles. The minimum atomic E-state index is -0.604. The number of ether oxygens (including phenoxy) is 2. The normalized spacial score (nSPS) is 16.8.